The van der Waals surface area contributed by atoms with Crippen LogP contribution in [0, 0.1) is 17.6 Å². The molecule has 1 fully saturated rings. The van der Waals surface area contributed by atoms with E-state index in [4.69, 9.17) is 0 Å². The van der Waals surface area contributed by atoms with Crippen LogP contribution in [0.25, 0.3) is 0 Å². The van der Waals surface area contributed by atoms with Crippen LogP contribution in [0.3, 0.4) is 0 Å². The van der Waals surface area contributed by atoms with Gasteiger partial charge in [-0.05, 0) is 36.1 Å². The Bertz CT molecular complexity index is 789. The van der Waals surface area contributed by atoms with Crippen molar-refractivity contribution in [2.45, 2.75) is 18.8 Å². The summed E-state index contributed by atoms with van der Waals surface area (Å²) >= 11 is 0. The number of phenolic OH excluding ortho intramolecular Hbond substituents is 2. The summed E-state index contributed by atoms with van der Waals surface area (Å²) in [5.41, 5.74) is -0.0715. The van der Waals surface area contributed by atoms with Crippen molar-refractivity contribution in [2.75, 3.05) is 6.54 Å². The van der Waals surface area contributed by atoms with Gasteiger partial charge in [-0.2, -0.15) is 0 Å². The summed E-state index contributed by atoms with van der Waals surface area (Å²) in [5, 5.41) is 21.6. The van der Waals surface area contributed by atoms with Gasteiger partial charge < -0.3 is 15.5 Å². The second kappa shape index (κ2) is 5.78. The maximum atomic E-state index is 14.1. The largest absolute Gasteiger partial charge is 0.508 e. The quantitative estimate of drug-likeness (QED) is 0.805. The van der Waals surface area contributed by atoms with E-state index in [1.807, 2.05) is 6.92 Å². The standard InChI is InChI=1S/C18H17F2NO3/c1-10-8-18(10,15-3-2-12(19)6-16(15)20)9-21-17(24)11-4-13(22)7-14(23)5-11/h2-7,10,22-23H,8-9H2,1H3,(H,21,24). The Labute approximate surface area is 137 Å². The first-order chi connectivity index (χ1) is 11.3. The molecule has 0 heterocycles. The van der Waals surface area contributed by atoms with Gasteiger partial charge in [-0.25, -0.2) is 8.78 Å². The molecule has 0 saturated heterocycles. The summed E-state index contributed by atoms with van der Waals surface area (Å²) in [4.78, 5) is 12.2. The Balaban J connectivity index is 1.78. The SMILES string of the molecule is CC1CC1(CNC(=O)c1cc(O)cc(O)c1)c1ccc(F)cc1F. The molecule has 6 heteroatoms. The Morgan fingerprint density at radius 1 is 1.21 bits per heavy atom. The molecule has 0 spiro atoms. The molecule has 3 rings (SSSR count). The summed E-state index contributed by atoms with van der Waals surface area (Å²) in [7, 11) is 0. The van der Waals surface area contributed by atoms with E-state index < -0.39 is 23.0 Å². The minimum absolute atomic E-state index is 0.107. The molecule has 1 aliphatic rings. The number of rotatable bonds is 4. The zero-order valence-corrected chi connectivity index (χ0v) is 13.0. The van der Waals surface area contributed by atoms with E-state index >= 15 is 0 Å². The van der Waals surface area contributed by atoms with Crippen LogP contribution < -0.4 is 5.32 Å². The molecule has 2 atom stereocenters. The lowest BCUT2D eigenvalue weighted by Gasteiger charge is -2.19. The fourth-order valence-corrected chi connectivity index (χ4v) is 3.16. The van der Waals surface area contributed by atoms with Gasteiger partial charge in [0, 0.05) is 29.7 Å². The van der Waals surface area contributed by atoms with Crippen LogP contribution in [0.15, 0.2) is 36.4 Å². The Hall–Kier alpha value is -2.63. The third kappa shape index (κ3) is 2.91. The first kappa shape index (κ1) is 16.2. The van der Waals surface area contributed by atoms with Gasteiger partial charge in [0.2, 0.25) is 0 Å². The van der Waals surface area contributed by atoms with E-state index in [1.54, 1.807) is 0 Å². The Morgan fingerprint density at radius 2 is 1.83 bits per heavy atom. The molecular weight excluding hydrogens is 316 g/mol. The highest BCUT2D eigenvalue weighted by molar-refractivity contribution is 5.95. The van der Waals surface area contributed by atoms with Gasteiger partial charge in [0.05, 0.1) is 0 Å². The highest BCUT2D eigenvalue weighted by Crippen LogP contribution is 2.54. The minimum Gasteiger partial charge on any atom is -0.508 e. The number of nitrogens with one attached hydrogen (secondary N) is 1. The maximum absolute atomic E-state index is 14.1. The van der Waals surface area contributed by atoms with E-state index in [2.05, 4.69) is 5.32 Å². The molecule has 0 bridgehead atoms. The number of phenols is 2. The summed E-state index contributed by atoms with van der Waals surface area (Å²) in [6.07, 6.45) is 0.682. The first-order valence-corrected chi connectivity index (χ1v) is 7.58. The molecule has 3 N–H and O–H groups in total. The van der Waals surface area contributed by atoms with Gasteiger partial charge in [-0.3, -0.25) is 4.79 Å². The number of carbonyl (C=O) groups excluding carboxylic acids is 1. The first-order valence-electron chi connectivity index (χ1n) is 7.58. The lowest BCUT2D eigenvalue weighted by molar-refractivity contribution is 0.0948. The average molecular weight is 333 g/mol. The van der Waals surface area contributed by atoms with E-state index in [0.717, 1.165) is 12.1 Å². The third-order valence-corrected chi connectivity index (χ3v) is 4.65. The van der Waals surface area contributed by atoms with Crippen molar-refractivity contribution in [3.63, 3.8) is 0 Å². The maximum Gasteiger partial charge on any atom is 0.251 e. The molecule has 4 nitrogen and oxygen atoms in total. The zero-order chi connectivity index (χ0) is 17.5. The third-order valence-electron chi connectivity index (χ3n) is 4.65. The second-order valence-electron chi connectivity index (χ2n) is 6.31. The van der Waals surface area contributed by atoms with Crippen LogP contribution in [0.4, 0.5) is 8.78 Å². The van der Waals surface area contributed by atoms with Crippen molar-refractivity contribution in [1.29, 1.82) is 0 Å². The van der Waals surface area contributed by atoms with Crippen molar-refractivity contribution in [1.82, 2.24) is 5.32 Å². The van der Waals surface area contributed by atoms with Crippen LogP contribution in [-0.2, 0) is 5.41 Å². The molecule has 2 unspecified atom stereocenters. The monoisotopic (exact) mass is 333 g/mol. The topological polar surface area (TPSA) is 69.6 Å². The molecule has 0 aromatic heterocycles. The van der Waals surface area contributed by atoms with E-state index in [0.29, 0.717) is 12.0 Å². The van der Waals surface area contributed by atoms with Gasteiger partial charge in [0.25, 0.3) is 5.91 Å². The van der Waals surface area contributed by atoms with Gasteiger partial charge in [0.15, 0.2) is 0 Å². The predicted molar refractivity (Wildman–Crippen MR) is 83.9 cm³/mol. The number of benzene rings is 2. The van der Waals surface area contributed by atoms with Crippen LogP contribution in [0.1, 0.15) is 29.3 Å². The molecule has 1 amide bonds. The zero-order valence-electron chi connectivity index (χ0n) is 13.0. The van der Waals surface area contributed by atoms with Crippen molar-refractivity contribution < 1.29 is 23.8 Å². The molecule has 1 aliphatic carbocycles. The fraction of sp³-hybridized carbons (Fsp3) is 0.278. The molecule has 2 aromatic carbocycles. The van der Waals surface area contributed by atoms with Crippen LogP contribution in [0.2, 0.25) is 0 Å². The minimum atomic E-state index is -0.640. The molecule has 126 valence electrons. The average Bonchev–Trinajstić information content (AvgIpc) is 3.15. The molecular formula is C18H17F2NO3. The van der Waals surface area contributed by atoms with Crippen molar-refractivity contribution in [3.05, 3.63) is 59.2 Å². The lowest BCUT2D eigenvalue weighted by atomic mass is 9.92. The van der Waals surface area contributed by atoms with Gasteiger partial charge in [0.1, 0.15) is 23.1 Å². The number of carbonyl (C=O) groups is 1. The molecule has 1 saturated carbocycles. The normalized spacial score (nSPS) is 22.2. The van der Waals surface area contributed by atoms with Crippen molar-refractivity contribution in [3.8, 4) is 11.5 Å². The number of hydrogen-bond acceptors (Lipinski definition) is 3. The molecule has 24 heavy (non-hydrogen) atoms. The van der Waals surface area contributed by atoms with E-state index in [9.17, 15) is 23.8 Å². The number of halogens is 2. The predicted octanol–water partition coefficient (Wildman–Crippen LogP) is 3.08. The number of amides is 1. The Kier molecular flexibility index (Phi) is 3.91. The van der Waals surface area contributed by atoms with Crippen LogP contribution in [-0.4, -0.2) is 22.7 Å². The smallest absolute Gasteiger partial charge is 0.251 e. The molecule has 0 radical (unpaired) electrons. The van der Waals surface area contributed by atoms with Crippen molar-refractivity contribution in [2.24, 2.45) is 5.92 Å². The van der Waals surface area contributed by atoms with Gasteiger partial charge in [-0.15, -0.1) is 0 Å². The summed E-state index contributed by atoms with van der Waals surface area (Å²) in [6.45, 7) is 2.13. The Morgan fingerprint density at radius 3 is 2.38 bits per heavy atom. The summed E-state index contributed by atoms with van der Waals surface area (Å²) in [5.74, 6) is -2.04. The van der Waals surface area contributed by atoms with Crippen LogP contribution in [0.5, 0.6) is 11.5 Å². The van der Waals surface area contributed by atoms with E-state index in [1.165, 1.54) is 24.3 Å². The highest BCUT2D eigenvalue weighted by Gasteiger charge is 2.53. The summed E-state index contributed by atoms with van der Waals surface area (Å²) < 4.78 is 27.2. The van der Waals surface area contributed by atoms with E-state index in [-0.39, 0.29) is 29.5 Å². The molecule has 2 aromatic rings. The molecule has 0 aliphatic heterocycles. The van der Waals surface area contributed by atoms with Gasteiger partial charge in [-0.1, -0.05) is 13.0 Å². The number of hydrogen-bond donors (Lipinski definition) is 3. The summed E-state index contributed by atoms with van der Waals surface area (Å²) in [6, 6.07) is 7.06. The second-order valence-corrected chi connectivity index (χ2v) is 6.31. The van der Waals surface area contributed by atoms with Crippen molar-refractivity contribution >= 4 is 5.91 Å². The fourth-order valence-electron chi connectivity index (χ4n) is 3.16. The highest BCUT2D eigenvalue weighted by atomic mass is 19.1. The van der Waals surface area contributed by atoms with Gasteiger partial charge >= 0.3 is 0 Å². The van der Waals surface area contributed by atoms with Crippen LogP contribution >= 0.6 is 0 Å². The number of aromatic hydroxyl groups is 2. The lowest BCUT2D eigenvalue weighted by Crippen LogP contribution is -2.33.